The average Bonchev–Trinajstić information content (AvgIpc) is 3.45. The lowest BCUT2D eigenvalue weighted by Gasteiger charge is -2.37. The summed E-state index contributed by atoms with van der Waals surface area (Å²) in [4.78, 5) is 40.3. The fourth-order valence-corrected chi connectivity index (χ4v) is 5.67. The summed E-state index contributed by atoms with van der Waals surface area (Å²) >= 11 is 0. The van der Waals surface area contributed by atoms with Gasteiger partial charge in [-0.05, 0) is 55.1 Å². The Morgan fingerprint density at radius 3 is 2.30 bits per heavy atom. The fourth-order valence-electron chi connectivity index (χ4n) is 5.67. The molecule has 5 nitrogen and oxygen atoms in total. The van der Waals surface area contributed by atoms with Crippen LogP contribution in [0, 0.1) is 35.5 Å². The summed E-state index contributed by atoms with van der Waals surface area (Å²) in [5.41, 5.74) is 1.78. The van der Waals surface area contributed by atoms with Gasteiger partial charge in [0.15, 0.2) is 0 Å². The van der Waals surface area contributed by atoms with Crippen LogP contribution in [-0.2, 0) is 20.8 Å². The van der Waals surface area contributed by atoms with E-state index in [1.54, 1.807) is 6.92 Å². The number of nitrogens with zero attached hydrogens (tertiary/aromatic N) is 1. The summed E-state index contributed by atoms with van der Waals surface area (Å²) in [7, 11) is 0. The van der Waals surface area contributed by atoms with Gasteiger partial charge in [0, 0.05) is 5.69 Å². The first-order chi connectivity index (χ1) is 13.0. The zero-order chi connectivity index (χ0) is 18.9. The Morgan fingerprint density at radius 1 is 1.11 bits per heavy atom. The smallest absolute Gasteiger partial charge is 0.247 e. The van der Waals surface area contributed by atoms with E-state index >= 15 is 0 Å². The molecule has 1 N–H and O–H groups in total. The van der Waals surface area contributed by atoms with Gasteiger partial charge in [-0.1, -0.05) is 37.3 Å². The average molecular weight is 364 g/mol. The molecule has 0 aromatic heterocycles. The van der Waals surface area contributed by atoms with Gasteiger partial charge in [0.2, 0.25) is 17.7 Å². The standard InChI is InChI=1S/C22H24N2O3/c1-3-12-6-4-5-7-17(12)23-20(25)11(2)24-21(26)18-13-8-9-14(16-10-15(13)16)19(18)22(24)27/h4-9,11,13-16,18-19H,3,10H2,1-2H3,(H,23,25)/t11-,13-,14-,15-,16-,18+,19+/m1/s1. The molecule has 5 aliphatic rings. The number of nitrogens with one attached hydrogen (secondary N) is 1. The monoisotopic (exact) mass is 364 g/mol. The van der Waals surface area contributed by atoms with Gasteiger partial charge in [0.1, 0.15) is 6.04 Å². The number of carbonyl (C=O) groups excluding carboxylic acids is 3. The van der Waals surface area contributed by atoms with Gasteiger partial charge in [-0.25, -0.2) is 0 Å². The van der Waals surface area contributed by atoms with Crippen molar-refractivity contribution in [2.24, 2.45) is 35.5 Å². The molecule has 5 heteroatoms. The molecule has 0 spiro atoms. The van der Waals surface area contributed by atoms with E-state index in [9.17, 15) is 14.4 Å². The van der Waals surface area contributed by atoms with E-state index in [1.165, 1.54) is 4.90 Å². The van der Waals surface area contributed by atoms with Crippen molar-refractivity contribution in [2.75, 3.05) is 5.32 Å². The van der Waals surface area contributed by atoms with Crippen LogP contribution < -0.4 is 5.32 Å². The number of aryl methyl sites for hydroxylation is 1. The molecule has 6 rings (SSSR count). The highest BCUT2D eigenvalue weighted by Gasteiger charge is 2.67. The minimum atomic E-state index is -0.795. The Morgan fingerprint density at radius 2 is 1.70 bits per heavy atom. The van der Waals surface area contributed by atoms with E-state index in [1.807, 2.05) is 31.2 Å². The quantitative estimate of drug-likeness (QED) is 0.660. The molecule has 1 aromatic carbocycles. The number of hydrogen-bond acceptors (Lipinski definition) is 3. The van der Waals surface area contributed by atoms with Crippen LogP contribution in [0.25, 0.3) is 0 Å². The molecule has 7 atom stereocenters. The van der Waals surface area contributed by atoms with Crippen molar-refractivity contribution < 1.29 is 14.4 Å². The maximum absolute atomic E-state index is 13.1. The molecule has 1 aliphatic heterocycles. The van der Waals surface area contributed by atoms with Crippen LogP contribution in [0.2, 0.25) is 0 Å². The number of allylic oxidation sites excluding steroid dienone is 2. The number of rotatable bonds is 4. The molecule has 3 fully saturated rings. The molecule has 3 amide bonds. The van der Waals surface area contributed by atoms with Crippen LogP contribution in [0.5, 0.6) is 0 Å². The molecule has 0 radical (unpaired) electrons. The molecule has 1 saturated heterocycles. The zero-order valence-corrected chi connectivity index (χ0v) is 15.6. The van der Waals surface area contributed by atoms with E-state index in [0.717, 1.165) is 24.1 Å². The zero-order valence-electron chi connectivity index (χ0n) is 15.6. The third-order valence-electron chi connectivity index (χ3n) is 7.12. The third kappa shape index (κ3) is 2.27. The van der Waals surface area contributed by atoms with Gasteiger partial charge in [-0.15, -0.1) is 0 Å². The molecule has 2 saturated carbocycles. The van der Waals surface area contributed by atoms with E-state index in [-0.39, 0.29) is 41.4 Å². The van der Waals surface area contributed by atoms with Crippen LogP contribution in [-0.4, -0.2) is 28.7 Å². The number of hydrogen-bond donors (Lipinski definition) is 1. The Balaban J connectivity index is 1.38. The fraction of sp³-hybridized carbons (Fsp3) is 0.500. The summed E-state index contributed by atoms with van der Waals surface area (Å²) in [5.74, 6) is 0.384. The summed E-state index contributed by atoms with van der Waals surface area (Å²) in [6, 6.07) is 6.83. The van der Waals surface area contributed by atoms with Crippen molar-refractivity contribution in [3.05, 3.63) is 42.0 Å². The first-order valence-electron chi connectivity index (χ1n) is 9.97. The van der Waals surface area contributed by atoms with Crippen molar-refractivity contribution >= 4 is 23.4 Å². The third-order valence-corrected chi connectivity index (χ3v) is 7.12. The summed E-state index contributed by atoms with van der Waals surface area (Å²) < 4.78 is 0. The van der Waals surface area contributed by atoms with E-state index in [0.29, 0.717) is 11.8 Å². The summed E-state index contributed by atoms with van der Waals surface area (Å²) in [6.07, 6.45) is 6.24. The lowest BCUT2D eigenvalue weighted by Crippen LogP contribution is -2.46. The molecule has 140 valence electrons. The predicted octanol–water partition coefficient (Wildman–Crippen LogP) is 2.63. The first kappa shape index (κ1) is 16.7. The SMILES string of the molecule is CCc1ccccc1NC(=O)[C@@H](C)N1C(=O)[C@H]2[C@@H]3C=C[C@H]([C@H]4C[C@H]34)[C@@H]2C1=O. The van der Waals surface area contributed by atoms with Crippen molar-refractivity contribution in [3.8, 4) is 0 Å². The number of amides is 3. The molecule has 1 aromatic rings. The topological polar surface area (TPSA) is 66.5 Å². The molecule has 27 heavy (non-hydrogen) atoms. The van der Waals surface area contributed by atoms with E-state index in [4.69, 9.17) is 0 Å². The second-order valence-corrected chi connectivity index (χ2v) is 8.38. The number of anilines is 1. The summed E-state index contributed by atoms with van der Waals surface area (Å²) in [6.45, 7) is 3.69. The summed E-state index contributed by atoms with van der Waals surface area (Å²) in [5, 5.41) is 2.92. The number of para-hydroxylation sites is 1. The normalized spacial score (nSPS) is 36.4. The minimum absolute atomic E-state index is 0.152. The highest BCUT2D eigenvalue weighted by molar-refractivity contribution is 6.10. The first-order valence-corrected chi connectivity index (χ1v) is 9.97. The van der Waals surface area contributed by atoms with Gasteiger partial charge in [0.25, 0.3) is 0 Å². The van der Waals surface area contributed by atoms with Gasteiger partial charge < -0.3 is 5.32 Å². The second kappa shape index (κ2) is 5.78. The molecule has 2 bridgehead atoms. The Kier molecular flexibility index (Phi) is 3.58. The van der Waals surface area contributed by atoms with Crippen LogP contribution >= 0.6 is 0 Å². The molecule has 1 heterocycles. The molecular formula is C22H24N2O3. The highest BCUT2D eigenvalue weighted by atomic mass is 16.2. The van der Waals surface area contributed by atoms with Crippen molar-refractivity contribution in [2.45, 2.75) is 32.7 Å². The van der Waals surface area contributed by atoms with Crippen molar-refractivity contribution in [3.63, 3.8) is 0 Å². The highest BCUT2D eigenvalue weighted by Crippen LogP contribution is 2.65. The van der Waals surface area contributed by atoms with Crippen LogP contribution in [0.4, 0.5) is 5.69 Å². The van der Waals surface area contributed by atoms with Crippen molar-refractivity contribution in [1.29, 1.82) is 0 Å². The van der Waals surface area contributed by atoms with Crippen LogP contribution in [0.1, 0.15) is 25.8 Å². The molecular weight excluding hydrogens is 340 g/mol. The molecule has 0 unspecified atom stereocenters. The Hall–Kier alpha value is -2.43. The number of imide groups is 1. The van der Waals surface area contributed by atoms with Gasteiger partial charge >= 0.3 is 0 Å². The van der Waals surface area contributed by atoms with Gasteiger partial charge in [-0.2, -0.15) is 0 Å². The van der Waals surface area contributed by atoms with E-state index < -0.39 is 6.04 Å². The van der Waals surface area contributed by atoms with Crippen molar-refractivity contribution in [1.82, 2.24) is 4.90 Å². The second-order valence-electron chi connectivity index (χ2n) is 8.38. The van der Waals surface area contributed by atoms with E-state index in [2.05, 4.69) is 17.5 Å². The van der Waals surface area contributed by atoms with Gasteiger partial charge in [0.05, 0.1) is 11.8 Å². The van der Waals surface area contributed by atoms with Gasteiger partial charge in [-0.3, -0.25) is 19.3 Å². The Labute approximate surface area is 158 Å². The van der Waals surface area contributed by atoms with Crippen LogP contribution in [0.3, 0.4) is 0 Å². The lowest BCUT2D eigenvalue weighted by atomic mass is 9.63. The number of carbonyl (C=O) groups is 3. The maximum Gasteiger partial charge on any atom is 0.247 e. The predicted molar refractivity (Wildman–Crippen MR) is 100 cm³/mol. The largest absolute Gasteiger partial charge is 0.324 e. The minimum Gasteiger partial charge on any atom is -0.324 e. The number of likely N-dealkylation sites (tertiary alicyclic amines) is 1. The van der Waals surface area contributed by atoms with Crippen LogP contribution in [0.15, 0.2) is 36.4 Å². The molecule has 4 aliphatic carbocycles. The lowest BCUT2D eigenvalue weighted by molar-refractivity contribution is -0.146. The maximum atomic E-state index is 13.1. The number of benzene rings is 1. The Bertz CT molecular complexity index is 840.